The second-order valence-electron chi connectivity index (χ2n) is 23.6. The van der Waals surface area contributed by atoms with E-state index in [1.165, 1.54) is 96.5 Å². The van der Waals surface area contributed by atoms with Gasteiger partial charge in [-0.05, 0) is 134 Å². The van der Waals surface area contributed by atoms with Crippen LogP contribution in [0.15, 0.2) is 261 Å². The number of nitrogens with two attached hydrogens (primary N) is 1. The van der Waals surface area contributed by atoms with Crippen molar-refractivity contribution >= 4 is 70.2 Å². The van der Waals surface area contributed by atoms with Gasteiger partial charge in [0.2, 0.25) is 13.9 Å². The molecule has 3 atom stereocenters. The fourth-order valence-corrected chi connectivity index (χ4v) is 10.3. The molecule has 0 saturated carbocycles. The second-order valence-corrected chi connectivity index (χ2v) is 24.4. The number of halogens is 14. The number of nitrogens with zero attached hydrogens (tertiary/aromatic N) is 2. The first kappa shape index (κ1) is 134. The number of fused-ring (bicyclic) bond motifs is 1. The summed E-state index contributed by atoms with van der Waals surface area (Å²) in [5.74, 6) is 2.14. The van der Waals surface area contributed by atoms with Gasteiger partial charge in [-0.1, -0.05) is 341 Å². The highest BCUT2D eigenvalue weighted by Crippen LogP contribution is 2.43. The molecule has 1 heterocycles. The molecule has 0 radical (unpaired) electrons. The van der Waals surface area contributed by atoms with E-state index in [0.717, 1.165) is 44.7 Å². The molecule has 0 bridgehead atoms. The number of ketones is 1. The minimum atomic E-state index is -4.79. The average Bonchev–Trinajstić information content (AvgIpc) is 0.744. The molecule has 0 spiro atoms. The standard InChI is InChI=1S/C29H24FNO.C11H8FNO2.C10H13NO2.C9H9F3O.C9H7F3O.C9H12N2O2.C8H8O.8C2H6.CH2Cl2.2CH2F2/c1-2-22-28(30,32)26-20-12-13-21-27(26)31-29(23-14-6-3-7-15-23,24-16-8-4-9-17-24)25-18-10-5-11-19-25;1-2-7-11(12)8-5-3-4-6-9(8)13-10(14)15-11;1-8-6-4-5-7-9(8)10(12)11(2)13-3;2*1-6-4-2-3-5-7(6)8(13)9(10,11)12;1-11(13-2)9(12)7-5-3-4-6-8(7)10;1-7-4-2-3-5-8(7)6-9;8*1-2;3*2-1-3/h3-21,31-32H,1H3;3-6H,1H3,(H,13,14);4-7H,1-3H3;2-5,8,13H,1H3;2-5H,1H3;3-6H,10H2,1-2H3;2-6H,1H3;8*1-2H3;3*1H2. The Morgan fingerprint density at radius 3 is 1.20 bits per heavy atom. The number of hydrogen-bond acceptors (Lipinski definition) is 12. The number of hydrogen-bond donors (Lipinski definition) is 5. The molecular formula is C104H135Cl2F12N5O10. The lowest BCUT2D eigenvalue weighted by atomic mass is 9.76. The zero-order valence-electron chi connectivity index (χ0n) is 81.0. The smallest absolute Gasteiger partial charge is 0.398 e. The molecule has 11 rings (SSSR count). The van der Waals surface area contributed by atoms with Crippen molar-refractivity contribution in [2.45, 2.75) is 188 Å². The molecule has 29 heteroatoms. The van der Waals surface area contributed by atoms with Gasteiger partial charge in [-0.2, -0.15) is 35.1 Å². The Kier molecular flexibility index (Phi) is 80.4. The number of anilines is 3. The summed E-state index contributed by atoms with van der Waals surface area (Å²) in [5.41, 5.74) is 13.6. The number of alkyl halides is 14. The third-order valence-electron chi connectivity index (χ3n) is 16.0. The van der Waals surface area contributed by atoms with E-state index >= 15 is 4.39 Å². The van der Waals surface area contributed by atoms with E-state index < -0.39 is 61.4 Å². The lowest BCUT2D eigenvalue weighted by molar-refractivity contribution is -0.207. The number of aldehydes is 1. The number of ether oxygens (including phenoxy) is 1. The molecule has 734 valence electrons. The topological polar surface area (TPSA) is 210 Å². The summed E-state index contributed by atoms with van der Waals surface area (Å²) < 4.78 is 145. The molecule has 1 aliphatic heterocycles. The van der Waals surface area contributed by atoms with Gasteiger partial charge >= 0.3 is 24.3 Å². The number of aliphatic hydroxyl groups excluding tert-OH is 1. The number of carbonyl (C=O) groups excluding carboxylic acids is 5. The maximum atomic E-state index is 15.2. The monoisotopic (exact) mass is 1910 g/mol. The van der Waals surface area contributed by atoms with Crippen LogP contribution in [-0.4, -0.2) is 110 Å². The van der Waals surface area contributed by atoms with Gasteiger partial charge in [-0.3, -0.25) is 34.2 Å². The van der Waals surface area contributed by atoms with Crippen molar-refractivity contribution in [3.63, 3.8) is 0 Å². The van der Waals surface area contributed by atoms with Gasteiger partial charge in [0.25, 0.3) is 23.5 Å². The summed E-state index contributed by atoms with van der Waals surface area (Å²) in [5, 5.41) is 28.0. The molecule has 10 aromatic rings. The number of carbonyl (C=O) groups is 5. The van der Waals surface area contributed by atoms with Crippen molar-refractivity contribution in [2.75, 3.05) is 63.9 Å². The van der Waals surface area contributed by atoms with E-state index in [4.69, 9.17) is 43.7 Å². The van der Waals surface area contributed by atoms with Crippen LogP contribution in [0.25, 0.3) is 0 Å². The summed E-state index contributed by atoms with van der Waals surface area (Å²) in [7, 11) is 6.02. The van der Waals surface area contributed by atoms with Crippen LogP contribution in [0, 0.1) is 51.4 Å². The number of benzene rings is 10. The van der Waals surface area contributed by atoms with Gasteiger partial charge in [-0.15, -0.1) is 29.1 Å². The number of aryl methyl sites for hydroxylation is 4. The van der Waals surface area contributed by atoms with Gasteiger partial charge in [0.1, 0.15) is 11.8 Å². The number of Topliss-reactive ketones (excluding diaryl/α,β-unsaturated/α-hetero) is 1. The highest BCUT2D eigenvalue weighted by atomic mass is 35.5. The van der Waals surface area contributed by atoms with E-state index in [-0.39, 0.29) is 39.4 Å². The van der Waals surface area contributed by atoms with Crippen LogP contribution in [0.1, 0.15) is 228 Å². The van der Waals surface area contributed by atoms with E-state index in [9.17, 15) is 77.4 Å². The zero-order valence-corrected chi connectivity index (χ0v) is 82.5. The first-order valence-electron chi connectivity index (χ1n) is 42.5. The van der Waals surface area contributed by atoms with Crippen molar-refractivity contribution in [3.8, 4) is 23.7 Å². The van der Waals surface area contributed by atoms with Crippen molar-refractivity contribution in [3.05, 3.63) is 339 Å². The molecule has 133 heavy (non-hydrogen) atoms. The summed E-state index contributed by atoms with van der Waals surface area (Å²) in [6, 6.07) is 76.7. The fraction of sp³-hybridized carbons (Fsp3) is 0.337. The van der Waals surface area contributed by atoms with Crippen LogP contribution in [0.2, 0.25) is 0 Å². The summed E-state index contributed by atoms with van der Waals surface area (Å²) in [6.07, 6.45) is -11.7. The number of para-hydroxylation sites is 3. The third-order valence-corrected chi connectivity index (χ3v) is 16.0. The van der Waals surface area contributed by atoms with Gasteiger partial charge in [0, 0.05) is 42.2 Å². The molecule has 0 fully saturated rings. The first-order chi connectivity index (χ1) is 63.5. The number of hydroxylamine groups is 4. The number of rotatable bonds is 13. The maximum Gasteiger partial charge on any atom is 0.454 e. The predicted molar refractivity (Wildman–Crippen MR) is 523 cm³/mol. The van der Waals surface area contributed by atoms with Crippen LogP contribution < -0.4 is 16.4 Å². The Hall–Kier alpha value is -12.0. The van der Waals surface area contributed by atoms with Crippen molar-refractivity contribution < 1.29 is 101 Å². The SMILES string of the molecule is CC.CC.CC.CC.CC.CC.CC.CC.CC#CC(O)(F)c1ccccc1NC(c1ccccc1)(c1ccccc1)c1ccccc1.CC#CC1(F)OC(=O)Nc2ccccc21.CON(C)C(=O)c1ccccc1C.CON(C)C(=O)c1ccccc1N.Cc1ccccc1C(=O)C(F)(F)F.Cc1ccccc1C(O)C(F)(F)F.Cc1ccccc1C=O.ClCCl.FCF.FCF. The zero-order chi connectivity index (χ0) is 104. The summed E-state index contributed by atoms with van der Waals surface area (Å²) in [6.45, 7) is 38.3. The predicted octanol–water partition coefficient (Wildman–Crippen LogP) is 29.7. The number of aliphatic hydroxyl groups is 2. The molecule has 1 aliphatic rings. The van der Waals surface area contributed by atoms with Gasteiger partial charge in [-0.25, -0.2) is 32.5 Å². The number of cyclic esters (lactones) is 1. The Balaban J connectivity index is -0.000000276. The van der Waals surface area contributed by atoms with E-state index in [2.05, 4.69) is 39.1 Å². The lowest BCUT2D eigenvalue weighted by Gasteiger charge is -2.38. The third kappa shape index (κ3) is 49.9. The van der Waals surface area contributed by atoms with Crippen LogP contribution in [0.4, 0.5) is 74.5 Å². The van der Waals surface area contributed by atoms with E-state index in [0.29, 0.717) is 39.3 Å². The second kappa shape index (κ2) is 79.8. The number of amides is 3. The summed E-state index contributed by atoms with van der Waals surface area (Å²) in [4.78, 5) is 64.7. The number of nitrogen functional groups attached to an aromatic ring is 1. The Morgan fingerprint density at radius 2 is 0.842 bits per heavy atom. The van der Waals surface area contributed by atoms with Gasteiger partial charge in [0.05, 0.1) is 41.9 Å². The molecule has 0 aromatic heterocycles. The first-order valence-corrected chi connectivity index (χ1v) is 43.6. The van der Waals surface area contributed by atoms with Gasteiger partial charge in [0.15, 0.2) is 6.10 Å². The molecule has 6 N–H and O–H groups in total. The van der Waals surface area contributed by atoms with Crippen molar-refractivity contribution in [2.24, 2.45) is 0 Å². The molecular weight excluding hydrogens is 1780 g/mol. The Labute approximate surface area is 791 Å². The van der Waals surface area contributed by atoms with Crippen LogP contribution in [0.3, 0.4) is 0 Å². The highest BCUT2D eigenvalue weighted by Gasteiger charge is 2.43. The van der Waals surface area contributed by atoms with E-state index in [1.807, 2.05) is 264 Å². The van der Waals surface area contributed by atoms with Crippen molar-refractivity contribution in [1.82, 2.24) is 10.1 Å². The van der Waals surface area contributed by atoms with Crippen LogP contribution in [0.5, 0.6) is 0 Å². The Morgan fingerprint density at radius 1 is 0.504 bits per heavy atom. The molecule has 3 amide bonds. The highest BCUT2D eigenvalue weighted by molar-refractivity contribution is 6.40. The maximum absolute atomic E-state index is 15.2. The molecule has 0 aliphatic carbocycles. The molecule has 10 aromatic carbocycles. The molecule has 15 nitrogen and oxygen atoms in total. The largest absolute Gasteiger partial charge is 0.454 e. The minimum absolute atomic E-state index is 0.0709. The lowest BCUT2D eigenvalue weighted by Crippen LogP contribution is -2.39. The normalized spacial score (nSPS) is 11.5. The quantitative estimate of drug-likeness (QED) is 0.0107. The average molecular weight is 1910 g/mol. The summed E-state index contributed by atoms with van der Waals surface area (Å²) >= 11 is 9.53. The van der Waals surface area contributed by atoms with Gasteiger partial charge < -0.3 is 26.0 Å². The van der Waals surface area contributed by atoms with E-state index in [1.54, 1.807) is 85.9 Å². The fourth-order valence-electron chi connectivity index (χ4n) is 10.3. The number of nitrogens with one attached hydrogen (secondary N) is 2. The van der Waals surface area contributed by atoms with Crippen molar-refractivity contribution in [1.29, 1.82) is 0 Å². The minimum Gasteiger partial charge on any atom is -0.398 e. The van der Waals surface area contributed by atoms with Crippen LogP contribution in [-0.2, 0) is 31.7 Å². The molecule has 0 saturated heterocycles. The molecule has 3 unspecified atom stereocenters. The van der Waals surface area contributed by atoms with Crippen LogP contribution >= 0.6 is 23.2 Å². The Bertz CT molecular complexity index is 4660.